The number of fused-ring (bicyclic) bond motifs is 1. The summed E-state index contributed by atoms with van der Waals surface area (Å²) in [4.78, 5) is 35.0. The fourth-order valence-corrected chi connectivity index (χ4v) is 8.54. The van der Waals surface area contributed by atoms with Crippen LogP contribution in [-0.2, 0) is 41.4 Å². The molecule has 0 atom stereocenters. The zero-order valence-corrected chi connectivity index (χ0v) is 34.2. The van der Waals surface area contributed by atoms with Crippen LogP contribution in [0, 0.1) is 5.82 Å². The van der Waals surface area contributed by atoms with E-state index in [1.54, 1.807) is 13.8 Å². The number of halogens is 4. The molecule has 4 aromatic rings. The minimum Gasteiger partial charge on any atom is -0.349 e. The third-order valence-electron chi connectivity index (χ3n) is 11.0. The Balaban J connectivity index is 1.74. The maximum atomic E-state index is 15.3. The average Bonchev–Trinajstić information content (AvgIpc) is 3.67. The van der Waals surface area contributed by atoms with E-state index in [0.29, 0.717) is 24.1 Å². The molecule has 0 unspecified atom stereocenters. The third-order valence-corrected chi connectivity index (χ3v) is 12.0. The number of carbonyl (C=O) groups is 1. The van der Waals surface area contributed by atoms with Gasteiger partial charge in [-0.1, -0.05) is 81.4 Å². The molecule has 1 aromatic heterocycles. The first-order valence-electron chi connectivity index (χ1n) is 18.6. The van der Waals surface area contributed by atoms with E-state index in [1.165, 1.54) is 33.7 Å². The second kappa shape index (κ2) is 17.8. The molecule has 0 bridgehead atoms. The van der Waals surface area contributed by atoms with E-state index in [1.807, 2.05) is 0 Å². The van der Waals surface area contributed by atoms with Gasteiger partial charge in [0.25, 0.3) is 5.56 Å². The summed E-state index contributed by atoms with van der Waals surface area (Å²) >= 11 is 0.991. The van der Waals surface area contributed by atoms with Crippen LogP contribution in [0.5, 0.6) is 0 Å². The molecule has 1 aliphatic carbocycles. The van der Waals surface area contributed by atoms with Gasteiger partial charge in [-0.05, 0) is 77.4 Å². The maximum absolute atomic E-state index is 15.3. The number of nitrogens with zero attached hydrogens (tertiary/aromatic N) is 4. The quantitative estimate of drug-likeness (QED) is 0.0586. The zero-order valence-electron chi connectivity index (χ0n) is 33.4. The van der Waals surface area contributed by atoms with Gasteiger partial charge < -0.3 is 14.4 Å². The lowest BCUT2D eigenvalue weighted by Crippen LogP contribution is -2.76. The van der Waals surface area contributed by atoms with E-state index in [9.17, 15) is 22.4 Å². The number of hydrogen-bond donors (Lipinski definition) is 0. The lowest BCUT2D eigenvalue weighted by Gasteiger charge is -2.58. The highest BCUT2D eigenvalue weighted by Crippen LogP contribution is 2.34. The summed E-state index contributed by atoms with van der Waals surface area (Å²) in [6.07, 6.45) is -4.00. The minimum absolute atomic E-state index is 0.0782. The van der Waals surface area contributed by atoms with Gasteiger partial charge in [0.15, 0.2) is 5.16 Å². The Morgan fingerprint density at radius 3 is 1.72 bits per heavy atom. The molecular weight excluding hydrogens is 780 g/mol. The predicted molar refractivity (Wildman–Crippen MR) is 248 cm³/mol. The number of alkyl halides is 3. The van der Waals surface area contributed by atoms with E-state index in [4.69, 9.17) is 110 Å². The molecule has 0 N–H and O–H groups in total. The van der Waals surface area contributed by atoms with Crippen LogP contribution in [-0.4, -0.2) is 159 Å². The SMILES string of the molecule is [B]c1c([B])c(-c2c([B])c([B])c(C(F)(F)F)c([B])c2[B])c([B])c([B])c1CN(C(=O)C([B])([B])n1c(SCc2ccc(F)cc2)nc(=O)c2c1CCC2)C([B])([B])C([B])([B])N(CC)CC. The van der Waals surface area contributed by atoms with Gasteiger partial charge in [-0.25, -0.2) is 4.39 Å². The number of amides is 1. The molecule has 0 aliphatic heterocycles. The number of benzene rings is 3. The molecule has 0 fully saturated rings. The van der Waals surface area contributed by atoms with Gasteiger partial charge in [0, 0.05) is 34.5 Å². The minimum atomic E-state index is -5.05. The van der Waals surface area contributed by atoms with Crippen LogP contribution in [0.3, 0.4) is 0 Å². The van der Waals surface area contributed by atoms with Crippen molar-refractivity contribution < 1.29 is 22.4 Å². The van der Waals surface area contributed by atoms with Crippen molar-refractivity contribution >= 4 is 171 Å². The second-order valence-electron chi connectivity index (χ2n) is 14.7. The predicted octanol–water partition coefficient (Wildman–Crippen LogP) is -5.50. The fraction of sp³-hybridized carbons (Fsp3) is 0.361. The summed E-state index contributed by atoms with van der Waals surface area (Å²) in [6.45, 7) is 2.91. The van der Waals surface area contributed by atoms with Crippen molar-refractivity contribution in [3.05, 3.63) is 68.4 Å². The van der Waals surface area contributed by atoms with Crippen molar-refractivity contribution in [2.75, 3.05) is 13.1 Å². The van der Waals surface area contributed by atoms with E-state index in [2.05, 4.69) is 4.98 Å². The number of hydrogen-bond acceptors (Lipinski definition) is 5. The van der Waals surface area contributed by atoms with Crippen molar-refractivity contribution in [2.24, 2.45) is 0 Å². The lowest BCUT2D eigenvalue weighted by atomic mass is 9.36. The molecule has 61 heavy (non-hydrogen) atoms. The van der Waals surface area contributed by atoms with Gasteiger partial charge in [-0.3, -0.25) is 9.59 Å². The van der Waals surface area contributed by atoms with E-state index >= 15 is 4.79 Å². The van der Waals surface area contributed by atoms with E-state index in [0.717, 1.165) is 16.7 Å². The van der Waals surface area contributed by atoms with Crippen LogP contribution in [0.2, 0.25) is 0 Å². The van der Waals surface area contributed by atoms with Crippen LogP contribution in [0.25, 0.3) is 11.1 Å². The largest absolute Gasteiger partial charge is 0.415 e. The summed E-state index contributed by atoms with van der Waals surface area (Å²) in [5.41, 5.74) is -6.81. The molecule has 1 amide bonds. The molecule has 0 saturated heterocycles. The van der Waals surface area contributed by atoms with Gasteiger partial charge in [-0.15, -0.1) is 0 Å². The van der Waals surface area contributed by atoms with Crippen LogP contribution >= 0.6 is 11.8 Å². The Labute approximate surface area is 376 Å². The molecule has 25 heteroatoms. The molecule has 276 valence electrons. The summed E-state index contributed by atoms with van der Waals surface area (Å²) in [5.74, 6) is -1.58. The second-order valence-corrected chi connectivity index (χ2v) is 15.6. The molecular formula is C36H24B14F4N4O2S. The van der Waals surface area contributed by atoms with Crippen molar-refractivity contribution in [1.82, 2.24) is 19.4 Å². The first kappa shape index (κ1) is 49.0. The molecule has 1 aliphatic rings. The highest BCUT2D eigenvalue weighted by molar-refractivity contribution is 7.98. The first-order valence-corrected chi connectivity index (χ1v) is 19.6. The highest BCUT2D eigenvalue weighted by Gasteiger charge is 2.48. The van der Waals surface area contributed by atoms with Gasteiger partial charge in [0.1, 0.15) is 84.3 Å². The molecule has 5 rings (SSSR count). The molecule has 6 nitrogen and oxygen atoms in total. The van der Waals surface area contributed by atoms with Gasteiger partial charge in [-0.2, -0.15) is 18.2 Å². The molecule has 3 aromatic carbocycles. The Morgan fingerprint density at radius 2 is 1.25 bits per heavy atom. The maximum Gasteiger partial charge on any atom is 0.415 e. The molecule has 28 radical (unpaired) electrons. The van der Waals surface area contributed by atoms with E-state index < -0.39 is 101 Å². The van der Waals surface area contributed by atoms with Crippen molar-refractivity contribution in [3.8, 4) is 11.1 Å². The Morgan fingerprint density at radius 1 is 0.754 bits per heavy atom. The van der Waals surface area contributed by atoms with Crippen LogP contribution in [0.1, 0.15) is 48.2 Å². The van der Waals surface area contributed by atoms with Crippen molar-refractivity contribution in [3.63, 3.8) is 0 Å². The fourth-order valence-electron chi connectivity index (χ4n) is 7.52. The number of likely N-dealkylation sites (N-methyl/N-ethyl adjacent to an activating group) is 1. The van der Waals surface area contributed by atoms with E-state index in [-0.39, 0.29) is 47.1 Å². The van der Waals surface area contributed by atoms with Crippen LogP contribution < -0.4 is 49.3 Å². The topological polar surface area (TPSA) is 58.4 Å². The van der Waals surface area contributed by atoms with Gasteiger partial charge in [0.05, 0.1) is 31.4 Å². The Kier molecular flexibility index (Phi) is 14.3. The monoisotopic (exact) mass is 806 g/mol. The summed E-state index contributed by atoms with van der Waals surface area (Å²) in [6, 6.07) is 5.55. The summed E-state index contributed by atoms with van der Waals surface area (Å²) in [7, 11) is 90.9. The number of rotatable bonds is 13. The number of aromatic nitrogens is 2. The molecule has 0 spiro atoms. The highest BCUT2D eigenvalue weighted by atomic mass is 32.2. The molecule has 0 saturated carbocycles. The number of carbonyl (C=O) groups excluding carboxylic acids is 1. The van der Waals surface area contributed by atoms with Gasteiger partial charge in [0.2, 0.25) is 5.91 Å². The smallest absolute Gasteiger partial charge is 0.349 e. The molecule has 1 heterocycles. The summed E-state index contributed by atoms with van der Waals surface area (Å²) < 4.78 is 56.7. The average molecular weight is 804 g/mol. The van der Waals surface area contributed by atoms with Crippen molar-refractivity contribution in [2.45, 2.75) is 72.8 Å². The standard InChI is InChI=1S/C36H24B14F4N4O2S/c1-3-56(4-2)35(47,48)36(49,50)57(12-17-22(37)24(39)19(25(40)23(17)38)20-26(41)28(43)21(34(52,53)54)29(44)27(20)42)31(60)33(45,46)58-18-7-5-6-16(18)30(59)55-32(58)61-13-14-8-10-15(51)11-9-14/h8-11H,3-7,12-13H2,1-2H3. The lowest BCUT2D eigenvalue weighted by molar-refractivity contribution is -0.138. The van der Waals surface area contributed by atoms with Gasteiger partial charge >= 0.3 is 6.18 Å². The van der Waals surface area contributed by atoms with Crippen molar-refractivity contribution in [1.29, 1.82) is 0 Å². The number of thioether (sulfide) groups is 1. The third kappa shape index (κ3) is 8.66. The normalized spacial score (nSPS) is 13.4. The summed E-state index contributed by atoms with van der Waals surface area (Å²) in [5, 5.41) is -7.66. The van der Waals surface area contributed by atoms with Crippen LogP contribution in [0.15, 0.2) is 34.2 Å². The zero-order chi connectivity index (χ0) is 45.9. The first-order chi connectivity index (χ1) is 28.2. The van der Waals surface area contributed by atoms with Crippen LogP contribution in [0.4, 0.5) is 17.6 Å². The Bertz CT molecular complexity index is 2390. The Hall–Kier alpha value is -3.05.